The van der Waals surface area contributed by atoms with E-state index in [1.165, 1.54) is 0 Å². The number of hydrogen-bond acceptors (Lipinski definition) is 2. The highest BCUT2D eigenvalue weighted by molar-refractivity contribution is 5.16. The van der Waals surface area contributed by atoms with Crippen molar-refractivity contribution in [3.05, 3.63) is 0 Å². The Morgan fingerprint density at radius 2 is 1.09 bits per heavy atom. The third-order valence-corrected chi connectivity index (χ3v) is 4.65. The summed E-state index contributed by atoms with van der Waals surface area (Å²) in [4.78, 5) is 0. The standard InChI is InChI=1S/C14H11F17O2/c1-2-3-32-7(10(19,13(26,27)28)14(29,30)31)4-5(9(16,17)18)6(33-7)8(15,11(20,21)22)12(23,24)25/h5-6H,2-4H2,1H3. The lowest BCUT2D eigenvalue weighted by Gasteiger charge is -2.44. The molecule has 0 radical (unpaired) electrons. The summed E-state index contributed by atoms with van der Waals surface area (Å²) in [5.41, 5.74) is -14.3. The second-order valence-electron chi connectivity index (χ2n) is 6.85. The molecule has 0 aromatic heterocycles. The molecule has 1 aliphatic heterocycles. The lowest BCUT2D eigenvalue weighted by atomic mass is 9.82. The summed E-state index contributed by atoms with van der Waals surface area (Å²) < 4.78 is 233. The van der Waals surface area contributed by atoms with Gasteiger partial charge in [-0.1, -0.05) is 6.92 Å². The average molecular weight is 534 g/mol. The normalized spacial score (nSPS) is 26.7. The van der Waals surface area contributed by atoms with E-state index in [1.807, 2.05) is 0 Å². The first-order valence-electron chi connectivity index (χ1n) is 8.27. The van der Waals surface area contributed by atoms with Gasteiger partial charge in [-0.05, 0) is 6.42 Å². The summed E-state index contributed by atoms with van der Waals surface area (Å²) in [7, 11) is 0. The van der Waals surface area contributed by atoms with Crippen LogP contribution in [0.1, 0.15) is 19.8 Å². The maximum Gasteiger partial charge on any atom is 0.437 e. The zero-order chi connectivity index (χ0) is 26.7. The molecule has 0 aromatic rings. The van der Waals surface area contributed by atoms with Crippen LogP contribution in [-0.2, 0) is 9.47 Å². The average Bonchev–Trinajstić information content (AvgIpc) is 2.96. The molecule has 0 amide bonds. The van der Waals surface area contributed by atoms with E-state index in [-0.39, 0.29) is 0 Å². The summed E-state index contributed by atoms with van der Waals surface area (Å²) in [6, 6.07) is 0. The predicted octanol–water partition coefficient (Wildman–Crippen LogP) is 6.74. The molecule has 3 atom stereocenters. The fourth-order valence-corrected chi connectivity index (χ4v) is 3.13. The molecule has 1 aliphatic rings. The molecule has 0 bridgehead atoms. The molecule has 0 aliphatic carbocycles. The monoisotopic (exact) mass is 534 g/mol. The molecular weight excluding hydrogens is 523 g/mol. The third kappa shape index (κ3) is 4.54. The van der Waals surface area contributed by atoms with Crippen LogP contribution in [0.3, 0.4) is 0 Å². The highest BCUT2D eigenvalue weighted by atomic mass is 19.4. The zero-order valence-corrected chi connectivity index (χ0v) is 15.5. The van der Waals surface area contributed by atoms with Crippen molar-refractivity contribution in [2.75, 3.05) is 6.61 Å². The maximum atomic E-state index is 14.7. The molecule has 33 heavy (non-hydrogen) atoms. The number of hydrogen-bond donors (Lipinski definition) is 0. The van der Waals surface area contributed by atoms with Crippen molar-refractivity contribution in [1.29, 1.82) is 0 Å². The SMILES string of the molecule is CCCOC1(C(F)(C(F)(F)F)C(F)(F)F)CC(C(F)(F)F)C(C(F)(C(F)(F)F)C(F)(F)F)O1. The summed E-state index contributed by atoms with van der Waals surface area (Å²) in [5.74, 6) is -10.2. The van der Waals surface area contributed by atoms with Crippen LogP contribution in [-0.4, -0.2) is 60.7 Å². The minimum absolute atomic E-state index is 0.725. The van der Waals surface area contributed by atoms with Crippen molar-refractivity contribution in [2.45, 2.75) is 73.9 Å². The summed E-state index contributed by atoms with van der Waals surface area (Å²) in [6.07, 6.45) is -45.2. The van der Waals surface area contributed by atoms with Crippen molar-refractivity contribution in [1.82, 2.24) is 0 Å². The first kappa shape index (κ1) is 29.8. The lowest BCUT2D eigenvalue weighted by Crippen LogP contribution is -2.70. The topological polar surface area (TPSA) is 18.5 Å². The summed E-state index contributed by atoms with van der Waals surface area (Å²) in [6.45, 7) is -0.695. The molecule has 0 aromatic carbocycles. The van der Waals surface area contributed by atoms with E-state index in [4.69, 9.17) is 0 Å². The number of ether oxygens (including phenoxy) is 2. The fourth-order valence-electron chi connectivity index (χ4n) is 3.13. The molecule has 2 nitrogen and oxygen atoms in total. The number of rotatable bonds is 5. The van der Waals surface area contributed by atoms with Gasteiger partial charge in [0.1, 0.15) is 6.10 Å². The quantitative estimate of drug-likeness (QED) is 0.364. The Balaban J connectivity index is 4.03. The Kier molecular flexibility index (Phi) is 7.35. The van der Waals surface area contributed by atoms with Crippen LogP contribution in [0.2, 0.25) is 0 Å². The molecular formula is C14H11F17O2. The van der Waals surface area contributed by atoms with E-state index >= 15 is 0 Å². The van der Waals surface area contributed by atoms with Crippen LogP contribution >= 0.6 is 0 Å². The lowest BCUT2D eigenvalue weighted by molar-refractivity contribution is -0.449. The second-order valence-corrected chi connectivity index (χ2v) is 6.85. The van der Waals surface area contributed by atoms with E-state index in [9.17, 15) is 74.6 Å². The van der Waals surface area contributed by atoms with Gasteiger partial charge in [0.25, 0.3) is 0 Å². The van der Waals surface area contributed by atoms with Crippen LogP contribution in [0.5, 0.6) is 0 Å². The Hall–Kier alpha value is -1.27. The van der Waals surface area contributed by atoms with Crippen LogP contribution < -0.4 is 0 Å². The number of halogens is 17. The molecule has 198 valence electrons. The van der Waals surface area contributed by atoms with Gasteiger partial charge in [0.05, 0.1) is 5.92 Å². The van der Waals surface area contributed by atoms with Crippen molar-refractivity contribution in [2.24, 2.45) is 5.92 Å². The largest absolute Gasteiger partial charge is 0.437 e. The second kappa shape index (κ2) is 8.15. The number of alkyl halides is 17. The highest BCUT2D eigenvalue weighted by Gasteiger charge is 2.90. The van der Waals surface area contributed by atoms with Crippen LogP contribution in [0, 0.1) is 5.92 Å². The van der Waals surface area contributed by atoms with E-state index in [0.717, 1.165) is 6.92 Å². The maximum absolute atomic E-state index is 14.7. The molecule has 1 fully saturated rings. The first-order chi connectivity index (χ1) is 14.2. The third-order valence-electron chi connectivity index (χ3n) is 4.65. The van der Waals surface area contributed by atoms with Gasteiger partial charge in [-0.25, -0.2) is 8.78 Å². The zero-order valence-electron chi connectivity index (χ0n) is 15.5. The Morgan fingerprint density at radius 3 is 1.36 bits per heavy atom. The van der Waals surface area contributed by atoms with E-state index in [2.05, 4.69) is 9.47 Å². The van der Waals surface area contributed by atoms with Gasteiger partial charge in [-0.2, -0.15) is 65.9 Å². The Labute approximate surface area is 172 Å². The first-order valence-corrected chi connectivity index (χ1v) is 8.27. The van der Waals surface area contributed by atoms with Crippen molar-refractivity contribution >= 4 is 0 Å². The van der Waals surface area contributed by atoms with Crippen molar-refractivity contribution in [3.8, 4) is 0 Å². The highest BCUT2D eigenvalue weighted by Crippen LogP contribution is 2.64. The van der Waals surface area contributed by atoms with Gasteiger partial charge < -0.3 is 9.47 Å². The van der Waals surface area contributed by atoms with Crippen molar-refractivity contribution < 1.29 is 84.1 Å². The fraction of sp³-hybridized carbons (Fsp3) is 1.00. The van der Waals surface area contributed by atoms with E-state index in [0.29, 0.717) is 0 Å². The minimum atomic E-state index is -7.41. The minimum Gasteiger partial charge on any atom is -0.346 e. The van der Waals surface area contributed by atoms with Crippen LogP contribution in [0.4, 0.5) is 74.6 Å². The van der Waals surface area contributed by atoms with Gasteiger partial charge >= 0.3 is 42.2 Å². The summed E-state index contributed by atoms with van der Waals surface area (Å²) in [5, 5.41) is 0. The van der Waals surface area contributed by atoms with Crippen LogP contribution in [0.15, 0.2) is 0 Å². The Bertz CT molecular complexity index is 656. The van der Waals surface area contributed by atoms with Crippen LogP contribution in [0.25, 0.3) is 0 Å². The molecule has 0 N–H and O–H groups in total. The van der Waals surface area contributed by atoms with Gasteiger partial charge in [0.2, 0.25) is 5.79 Å². The molecule has 0 spiro atoms. The molecule has 1 rings (SSSR count). The van der Waals surface area contributed by atoms with E-state index < -0.39 is 79.5 Å². The summed E-state index contributed by atoms with van der Waals surface area (Å²) >= 11 is 0. The van der Waals surface area contributed by atoms with E-state index in [1.54, 1.807) is 0 Å². The van der Waals surface area contributed by atoms with Crippen molar-refractivity contribution in [3.63, 3.8) is 0 Å². The molecule has 1 heterocycles. The molecule has 3 unspecified atom stereocenters. The molecule has 0 saturated carbocycles. The predicted molar refractivity (Wildman–Crippen MR) is 69.9 cm³/mol. The van der Waals surface area contributed by atoms with Gasteiger partial charge in [0, 0.05) is 13.0 Å². The Morgan fingerprint density at radius 1 is 0.697 bits per heavy atom. The molecule has 1 saturated heterocycles. The smallest absolute Gasteiger partial charge is 0.346 e. The van der Waals surface area contributed by atoms with Gasteiger partial charge in [-0.15, -0.1) is 0 Å². The molecule has 19 heteroatoms. The van der Waals surface area contributed by atoms with Gasteiger partial charge in [-0.3, -0.25) is 0 Å². The van der Waals surface area contributed by atoms with Gasteiger partial charge in [0.15, 0.2) is 0 Å².